The lowest BCUT2D eigenvalue weighted by Crippen LogP contribution is -2.20. The van der Waals surface area contributed by atoms with Crippen LogP contribution in [0.3, 0.4) is 0 Å². The van der Waals surface area contributed by atoms with Gasteiger partial charge in [-0.3, -0.25) is 9.59 Å². The molecule has 19 heavy (non-hydrogen) atoms. The second kappa shape index (κ2) is 5.76. The van der Waals surface area contributed by atoms with Crippen LogP contribution in [0.5, 0.6) is 5.75 Å². The molecule has 0 aromatic heterocycles. The highest BCUT2D eigenvalue weighted by Gasteiger charge is 2.16. The van der Waals surface area contributed by atoms with Crippen LogP contribution in [0.2, 0.25) is 0 Å². The van der Waals surface area contributed by atoms with Crippen molar-refractivity contribution in [1.29, 1.82) is 0 Å². The fourth-order valence-corrected chi connectivity index (χ4v) is 1.50. The van der Waals surface area contributed by atoms with Crippen LogP contribution in [-0.2, 0) is 9.59 Å². The molecule has 0 unspecified atom stereocenters. The molecule has 0 fully saturated rings. The Morgan fingerprint density at radius 3 is 3.00 bits per heavy atom. The zero-order valence-corrected chi connectivity index (χ0v) is 9.96. The van der Waals surface area contributed by atoms with Gasteiger partial charge in [-0.25, -0.2) is 10.9 Å². The molecular weight excluding hydrogens is 248 g/mol. The van der Waals surface area contributed by atoms with E-state index in [2.05, 4.69) is 21.1 Å². The smallest absolute Gasteiger partial charge is 0.245 e. The number of nitrogens with zero attached hydrogens (tertiary/aromatic N) is 2. The van der Waals surface area contributed by atoms with Crippen LogP contribution in [0.15, 0.2) is 34.5 Å². The number of phenols is 1. The second-order valence-electron chi connectivity index (χ2n) is 3.92. The van der Waals surface area contributed by atoms with Gasteiger partial charge >= 0.3 is 0 Å². The molecule has 1 aliphatic rings. The monoisotopic (exact) mass is 260 g/mol. The van der Waals surface area contributed by atoms with E-state index in [0.29, 0.717) is 11.3 Å². The maximum Gasteiger partial charge on any atom is 0.245 e. The van der Waals surface area contributed by atoms with Gasteiger partial charge in [0.1, 0.15) is 5.75 Å². The SMILES string of the molecule is O=C1CC(CC(=O)N/N=C/c2ccccc2O)=NN1. The molecule has 0 saturated heterocycles. The number of phenolic OH excluding ortho intramolecular Hbond substituents is 1. The summed E-state index contributed by atoms with van der Waals surface area (Å²) in [5.41, 5.74) is 5.53. The molecular formula is C12H12N4O3. The van der Waals surface area contributed by atoms with Crippen LogP contribution in [-0.4, -0.2) is 28.8 Å². The van der Waals surface area contributed by atoms with E-state index in [4.69, 9.17) is 0 Å². The first-order valence-corrected chi connectivity index (χ1v) is 5.59. The second-order valence-corrected chi connectivity index (χ2v) is 3.92. The summed E-state index contributed by atoms with van der Waals surface area (Å²) < 4.78 is 0. The minimum Gasteiger partial charge on any atom is -0.507 e. The molecule has 7 heteroatoms. The molecule has 3 N–H and O–H groups in total. The number of aromatic hydroxyl groups is 1. The molecule has 0 bridgehead atoms. The highest BCUT2D eigenvalue weighted by atomic mass is 16.3. The van der Waals surface area contributed by atoms with Crippen molar-refractivity contribution in [3.8, 4) is 5.75 Å². The van der Waals surface area contributed by atoms with Crippen molar-refractivity contribution in [3.63, 3.8) is 0 Å². The maximum atomic E-state index is 11.5. The Labute approximate surface area is 109 Å². The Morgan fingerprint density at radius 2 is 2.32 bits per heavy atom. The van der Waals surface area contributed by atoms with Crippen LogP contribution < -0.4 is 10.9 Å². The van der Waals surface area contributed by atoms with Gasteiger partial charge in [0.25, 0.3) is 0 Å². The van der Waals surface area contributed by atoms with Crippen molar-refractivity contribution in [2.75, 3.05) is 0 Å². The highest BCUT2D eigenvalue weighted by Crippen LogP contribution is 2.12. The van der Waals surface area contributed by atoms with Crippen LogP contribution >= 0.6 is 0 Å². The number of hydrogen-bond donors (Lipinski definition) is 3. The number of para-hydroxylation sites is 1. The number of amides is 2. The molecule has 98 valence electrons. The van der Waals surface area contributed by atoms with Crippen LogP contribution in [0.25, 0.3) is 0 Å². The number of carbonyl (C=O) groups is 2. The Kier molecular flexibility index (Phi) is 3.87. The third-order valence-corrected chi connectivity index (χ3v) is 2.40. The molecule has 0 radical (unpaired) electrons. The predicted octanol–water partition coefficient (Wildman–Crippen LogP) is 0.108. The van der Waals surface area contributed by atoms with Gasteiger partial charge in [0.05, 0.1) is 24.8 Å². The third kappa shape index (κ3) is 3.63. The predicted molar refractivity (Wildman–Crippen MR) is 68.7 cm³/mol. The van der Waals surface area contributed by atoms with Gasteiger partial charge in [-0.1, -0.05) is 12.1 Å². The van der Waals surface area contributed by atoms with Crippen molar-refractivity contribution in [2.45, 2.75) is 12.8 Å². The average Bonchev–Trinajstić information content (AvgIpc) is 2.77. The normalized spacial score (nSPS) is 14.3. The largest absolute Gasteiger partial charge is 0.507 e. The summed E-state index contributed by atoms with van der Waals surface area (Å²) in [6.07, 6.45) is 1.49. The minimum atomic E-state index is -0.373. The summed E-state index contributed by atoms with van der Waals surface area (Å²) in [7, 11) is 0. The van der Waals surface area contributed by atoms with E-state index in [0.717, 1.165) is 0 Å². The molecule has 1 aliphatic heterocycles. The topological polar surface area (TPSA) is 103 Å². The molecule has 1 heterocycles. The number of hydrazone groups is 2. The molecule has 1 aromatic rings. The van der Waals surface area contributed by atoms with Crippen molar-refractivity contribution >= 4 is 23.7 Å². The molecule has 0 spiro atoms. The standard InChI is InChI=1S/C12H12N4O3/c17-10-4-2-1-3-8(10)7-13-15-11(18)5-9-6-12(19)16-14-9/h1-4,7,17H,5-6H2,(H,15,18)(H,16,19)/b13-7+. The van der Waals surface area contributed by atoms with Gasteiger partial charge in [-0.05, 0) is 12.1 Å². The van der Waals surface area contributed by atoms with E-state index < -0.39 is 0 Å². The van der Waals surface area contributed by atoms with Gasteiger partial charge in [-0.15, -0.1) is 0 Å². The van der Waals surface area contributed by atoms with E-state index in [-0.39, 0.29) is 30.4 Å². The molecule has 0 atom stereocenters. The lowest BCUT2D eigenvalue weighted by molar-refractivity contribution is -0.119. The molecule has 2 rings (SSSR count). The summed E-state index contributed by atoms with van der Waals surface area (Å²) >= 11 is 0. The number of hydrogen-bond acceptors (Lipinski definition) is 5. The summed E-state index contributed by atoms with van der Waals surface area (Å²) in [6, 6.07) is 6.61. The van der Waals surface area contributed by atoms with Crippen molar-refractivity contribution in [3.05, 3.63) is 29.8 Å². The zero-order valence-electron chi connectivity index (χ0n) is 9.96. The van der Waals surface area contributed by atoms with Gasteiger partial charge in [0.2, 0.25) is 11.8 Å². The molecule has 0 saturated carbocycles. The number of benzene rings is 1. The molecule has 0 aliphatic carbocycles. The first kappa shape index (κ1) is 12.7. The van der Waals surface area contributed by atoms with E-state index in [1.54, 1.807) is 18.2 Å². The van der Waals surface area contributed by atoms with Crippen molar-refractivity contribution in [2.24, 2.45) is 10.2 Å². The van der Waals surface area contributed by atoms with Crippen LogP contribution in [0, 0.1) is 0 Å². The summed E-state index contributed by atoms with van der Waals surface area (Å²) in [4.78, 5) is 22.3. The van der Waals surface area contributed by atoms with Gasteiger partial charge < -0.3 is 5.11 Å². The first-order valence-electron chi connectivity index (χ1n) is 5.59. The highest BCUT2D eigenvalue weighted by molar-refractivity contribution is 6.11. The zero-order chi connectivity index (χ0) is 13.7. The van der Waals surface area contributed by atoms with Crippen LogP contribution in [0.1, 0.15) is 18.4 Å². The van der Waals surface area contributed by atoms with Crippen molar-refractivity contribution < 1.29 is 14.7 Å². The summed E-state index contributed by atoms with van der Waals surface area (Å²) in [5, 5.41) is 16.9. The molecule has 7 nitrogen and oxygen atoms in total. The maximum absolute atomic E-state index is 11.5. The lowest BCUT2D eigenvalue weighted by atomic mass is 10.2. The minimum absolute atomic E-state index is 0.0108. The lowest BCUT2D eigenvalue weighted by Gasteiger charge is -1.99. The van der Waals surface area contributed by atoms with E-state index in [1.165, 1.54) is 12.3 Å². The van der Waals surface area contributed by atoms with E-state index in [9.17, 15) is 14.7 Å². The Morgan fingerprint density at radius 1 is 1.53 bits per heavy atom. The molecule has 2 amide bonds. The van der Waals surface area contributed by atoms with Crippen molar-refractivity contribution in [1.82, 2.24) is 10.9 Å². The Balaban J connectivity index is 1.84. The van der Waals surface area contributed by atoms with Crippen LogP contribution in [0.4, 0.5) is 0 Å². The first-order chi connectivity index (χ1) is 9.15. The van der Waals surface area contributed by atoms with Gasteiger partial charge in [0, 0.05) is 5.56 Å². The van der Waals surface area contributed by atoms with E-state index in [1.807, 2.05) is 0 Å². The number of rotatable bonds is 4. The summed E-state index contributed by atoms with van der Waals surface area (Å²) in [5.74, 6) is -0.516. The number of carbonyl (C=O) groups excluding carboxylic acids is 2. The summed E-state index contributed by atoms with van der Waals surface area (Å²) in [6.45, 7) is 0. The average molecular weight is 260 g/mol. The third-order valence-electron chi connectivity index (χ3n) is 2.40. The fourth-order valence-electron chi connectivity index (χ4n) is 1.50. The Hall–Kier alpha value is -2.70. The molecule has 1 aromatic carbocycles. The Bertz CT molecular complexity index is 566. The van der Waals surface area contributed by atoms with Gasteiger partial charge in [0.15, 0.2) is 0 Å². The van der Waals surface area contributed by atoms with Gasteiger partial charge in [-0.2, -0.15) is 10.2 Å². The number of nitrogens with one attached hydrogen (secondary N) is 2. The fraction of sp³-hybridized carbons (Fsp3) is 0.167. The van der Waals surface area contributed by atoms with E-state index >= 15 is 0 Å². The quantitative estimate of drug-likeness (QED) is 0.528.